The van der Waals surface area contributed by atoms with Crippen molar-refractivity contribution >= 4 is 29.9 Å². The van der Waals surface area contributed by atoms with E-state index in [1.54, 1.807) is 14.2 Å². The van der Waals surface area contributed by atoms with E-state index in [4.69, 9.17) is 4.74 Å². The van der Waals surface area contributed by atoms with Crippen LogP contribution in [0.3, 0.4) is 0 Å². The first kappa shape index (κ1) is 22.2. The number of rotatable bonds is 8. The summed E-state index contributed by atoms with van der Waals surface area (Å²) in [5.74, 6) is 0.842. The smallest absolute Gasteiger partial charge is 0.191 e. The van der Waals surface area contributed by atoms with E-state index in [1.807, 2.05) is 0 Å². The molecule has 0 saturated heterocycles. The molecule has 0 saturated carbocycles. The fourth-order valence-electron chi connectivity index (χ4n) is 2.24. The molecule has 23 heavy (non-hydrogen) atoms. The lowest BCUT2D eigenvalue weighted by atomic mass is 9.84. The number of hydrogen-bond acceptors (Lipinski definition) is 2. The Morgan fingerprint density at radius 2 is 1.83 bits per heavy atom. The number of methoxy groups -OCH3 is 1. The number of nitrogens with one attached hydrogen (secondary N) is 2. The Labute approximate surface area is 158 Å². The van der Waals surface area contributed by atoms with Crippen molar-refractivity contribution in [3.63, 3.8) is 0 Å². The molecule has 0 unspecified atom stereocenters. The molecular formula is C18H32IN3O. The number of guanidine groups is 1. The van der Waals surface area contributed by atoms with Crippen LogP contribution < -0.4 is 10.6 Å². The second-order valence-electron chi connectivity index (χ2n) is 6.13. The predicted molar refractivity (Wildman–Crippen MR) is 110 cm³/mol. The van der Waals surface area contributed by atoms with Crippen molar-refractivity contribution in [2.45, 2.75) is 39.0 Å². The van der Waals surface area contributed by atoms with Gasteiger partial charge in [-0.2, -0.15) is 0 Å². The van der Waals surface area contributed by atoms with Gasteiger partial charge in [0.15, 0.2) is 5.96 Å². The van der Waals surface area contributed by atoms with Gasteiger partial charge in [0.25, 0.3) is 0 Å². The first-order chi connectivity index (χ1) is 10.5. The van der Waals surface area contributed by atoms with Crippen molar-refractivity contribution in [3.8, 4) is 0 Å². The molecule has 0 bridgehead atoms. The third-order valence-corrected chi connectivity index (χ3v) is 3.88. The van der Waals surface area contributed by atoms with Crippen molar-refractivity contribution in [3.05, 3.63) is 35.4 Å². The lowest BCUT2D eigenvalue weighted by Gasteiger charge is -2.27. The Morgan fingerprint density at radius 3 is 2.35 bits per heavy atom. The average Bonchev–Trinajstić information content (AvgIpc) is 2.54. The van der Waals surface area contributed by atoms with Crippen LogP contribution in [0.5, 0.6) is 0 Å². The number of nitrogens with zero attached hydrogens (tertiary/aromatic N) is 1. The van der Waals surface area contributed by atoms with Crippen molar-refractivity contribution in [1.29, 1.82) is 0 Å². The van der Waals surface area contributed by atoms with Crippen LogP contribution in [0.4, 0.5) is 0 Å². The lowest BCUT2D eigenvalue weighted by molar-refractivity contribution is 0.195. The van der Waals surface area contributed by atoms with Crippen LogP contribution in [0.25, 0.3) is 0 Å². The molecule has 2 N–H and O–H groups in total. The van der Waals surface area contributed by atoms with Gasteiger partial charge < -0.3 is 15.4 Å². The molecular weight excluding hydrogens is 401 g/mol. The minimum Gasteiger partial charge on any atom is -0.385 e. The molecule has 0 radical (unpaired) electrons. The van der Waals surface area contributed by atoms with Gasteiger partial charge in [-0.15, -0.1) is 24.0 Å². The van der Waals surface area contributed by atoms with E-state index in [2.05, 4.69) is 60.7 Å². The van der Waals surface area contributed by atoms with Gasteiger partial charge in [0.1, 0.15) is 0 Å². The second kappa shape index (κ2) is 11.7. The highest BCUT2D eigenvalue weighted by Crippen LogP contribution is 2.22. The van der Waals surface area contributed by atoms with Gasteiger partial charge in [0.2, 0.25) is 0 Å². The fraction of sp³-hybridized carbons (Fsp3) is 0.611. The molecule has 0 amide bonds. The van der Waals surface area contributed by atoms with Gasteiger partial charge in [-0.25, -0.2) is 0 Å². The number of halogens is 1. The SMILES string of the molecule is CCc1ccc(C(C)(C)CNC(=NC)NCCCOC)cc1.I. The molecule has 0 aromatic heterocycles. The van der Waals surface area contributed by atoms with Gasteiger partial charge in [0.05, 0.1) is 0 Å². The van der Waals surface area contributed by atoms with E-state index in [0.29, 0.717) is 0 Å². The first-order valence-electron chi connectivity index (χ1n) is 8.06. The lowest BCUT2D eigenvalue weighted by Crippen LogP contribution is -2.43. The highest BCUT2D eigenvalue weighted by Gasteiger charge is 2.20. The monoisotopic (exact) mass is 433 g/mol. The van der Waals surface area contributed by atoms with E-state index in [0.717, 1.165) is 38.5 Å². The summed E-state index contributed by atoms with van der Waals surface area (Å²) in [7, 11) is 3.52. The molecule has 1 aromatic rings. The molecule has 1 rings (SSSR count). The number of benzene rings is 1. The molecule has 1 aromatic carbocycles. The summed E-state index contributed by atoms with van der Waals surface area (Å²) >= 11 is 0. The van der Waals surface area contributed by atoms with E-state index in [-0.39, 0.29) is 29.4 Å². The third kappa shape index (κ3) is 8.01. The number of aryl methyl sites for hydroxylation is 1. The molecule has 0 spiro atoms. The van der Waals surface area contributed by atoms with Crippen LogP contribution in [0, 0.1) is 0 Å². The summed E-state index contributed by atoms with van der Waals surface area (Å²) in [6.45, 7) is 9.14. The minimum atomic E-state index is 0. The van der Waals surface area contributed by atoms with Gasteiger partial charge in [-0.1, -0.05) is 45.0 Å². The van der Waals surface area contributed by atoms with Crippen LogP contribution in [0.2, 0.25) is 0 Å². The largest absolute Gasteiger partial charge is 0.385 e. The quantitative estimate of drug-likeness (QED) is 0.286. The normalized spacial score (nSPS) is 11.8. The standard InChI is InChI=1S/C18H31N3O.HI/c1-6-15-8-10-16(11-9-15)18(2,3)14-21-17(19-4)20-12-7-13-22-5;/h8-11H,6-7,12-14H2,1-5H3,(H2,19,20,21);1H. The molecule has 4 nitrogen and oxygen atoms in total. The summed E-state index contributed by atoms with van der Waals surface area (Å²) < 4.78 is 5.05. The molecule has 0 aliphatic carbocycles. The van der Waals surface area contributed by atoms with E-state index in [1.165, 1.54) is 11.1 Å². The Balaban J connectivity index is 0.00000484. The van der Waals surface area contributed by atoms with Gasteiger partial charge in [-0.05, 0) is 24.0 Å². The number of aliphatic imine (C=N–C) groups is 1. The topological polar surface area (TPSA) is 45.7 Å². The number of hydrogen-bond donors (Lipinski definition) is 2. The van der Waals surface area contributed by atoms with Crippen LogP contribution in [0.1, 0.15) is 38.3 Å². The maximum atomic E-state index is 5.05. The Morgan fingerprint density at radius 1 is 1.17 bits per heavy atom. The van der Waals surface area contributed by atoms with E-state index >= 15 is 0 Å². The second-order valence-corrected chi connectivity index (χ2v) is 6.13. The van der Waals surface area contributed by atoms with E-state index < -0.39 is 0 Å². The summed E-state index contributed by atoms with van der Waals surface area (Å²) in [4.78, 5) is 4.26. The Hall–Kier alpha value is -0.820. The maximum absolute atomic E-state index is 5.05. The molecule has 0 aliphatic heterocycles. The Kier molecular flexibility index (Phi) is 11.3. The van der Waals surface area contributed by atoms with Gasteiger partial charge in [0, 0.05) is 39.3 Å². The molecule has 132 valence electrons. The average molecular weight is 433 g/mol. The van der Waals surface area contributed by atoms with Gasteiger partial charge >= 0.3 is 0 Å². The zero-order chi connectivity index (χ0) is 16.4. The highest BCUT2D eigenvalue weighted by atomic mass is 127. The number of ether oxygens (including phenoxy) is 1. The molecule has 0 fully saturated rings. The summed E-state index contributed by atoms with van der Waals surface area (Å²) in [5.41, 5.74) is 2.77. The van der Waals surface area contributed by atoms with Crippen molar-refractivity contribution in [1.82, 2.24) is 10.6 Å². The summed E-state index contributed by atoms with van der Waals surface area (Å²) in [6.07, 6.45) is 2.05. The highest BCUT2D eigenvalue weighted by molar-refractivity contribution is 14.0. The molecule has 5 heteroatoms. The Bertz CT molecular complexity index is 458. The fourth-order valence-corrected chi connectivity index (χ4v) is 2.24. The van der Waals surface area contributed by atoms with Crippen molar-refractivity contribution < 1.29 is 4.74 Å². The van der Waals surface area contributed by atoms with Crippen molar-refractivity contribution in [2.75, 3.05) is 33.9 Å². The van der Waals surface area contributed by atoms with Crippen LogP contribution >= 0.6 is 24.0 Å². The first-order valence-corrected chi connectivity index (χ1v) is 8.06. The van der Waals surface area contributed by atoms with E-state index in [9.17, 15) is 0 Å². The summed E-state index contributed by atoms with van der Waals surface area (Å²) in [5, 5.41) is 6.72. The molecule has 0 heterocycles. The van der Waals surface area contributed by atoms with Crippen molar-refractivity contribution in [2.24, 2.45) is 4.99 Å². The van der Waals surface area contributed by atoms with Crippen LogP contribution in [-0.2, 0) is 16.6 Å². The zero-order valence-corrected chi connectivity index (χ0v) is 17.4. The summed E-state index contributed by atoms with van der Waals surface area (Å²) in [6, 6.07) is 8.90. The van der Waals surface area contributed by atoms with Crippen LogP contribution in [-0.4, -0.2) is 39.8 Å². The third-order valence-electron chi connectivity index (χ3n) is 3.88. The van der Waals surface area contributed by atoms with Crippen LogP contribution in [0.15, 0.2) is 29.3 Å². The molecule has 0 aliphatic rings. The zero-order valence-electron chi connectivity index (χ0n) is 15.1. The maximum Gasteiger partial charge on any atom is 0.191 e. The predicted octanol–water partition coefficient (Wildman–Crippen LogP) is 3.35. The minimum absolute atomic E-state index is 0. The molecule has 0 atom stereocenters. The van der Waals surface area contributed by atoms with Gasteiger partial charge in [-0.3, -0.25) is 4.99 Å².